The number of nitrogens with zero attached hydrogens (tertiary/aromatic N) is 1. The van der Waals surface area contributed by atoms with E-state index < -0.39 is 0 Å². The summed E-state index contributed by atoms with van der Waals surface area (Å²) in [7, 11) is 0. The van der Waals surface area contributed by atoms with E-state index >= 15 is 0 Å². The Balaban J connectivity index is 2.18. The van der Waals surface area contributed by atoms with Crippen LogP contribution in [0.5, 0.6) is 0 Å². The topological polar surface area (TPSA) is 31.2 Å². The van der Waals surface area contributed by atoms with Crippen molar-refractivity contribution in [2.75, 3.05) is 13.1 Å². The Morgan fingerprint density at radius 2 is 2.11 bits per heavy atom. The van der Waals surface area contributed by atoms with Crippen LogP contribution in [0.25, 0.3) is 10.1 Å². The number of piperidine rings is 1. The number of carbonyl (C=O) groups is 1. The van der Waals surface area contributed by atoms with E-state index in [0.29, 0.717) is 5.92 Å². The number of benzene rings is 1. The summed E-state index contributed by atoms with van der Waals surface area (Å²) in [5.74, 6) is 0.226. The summed E-state index contributed by atoms with van der Waals surface area (Å²) in [5, 5.41) is 5.41. The minimum Gasteiger partial charge on any atom is -0.294 e. The minimum absolute atomic E-state index is 0.0825. The van der Waals surface area contributed by atoms with E-state index in [4.69, 9.17) is 0 Å². The number of ketones is 1. The van der Waals surface area contributed by atoms with Gasteiger partial charge in [-0.15, -0.1) is 11.3 Å². The van der Waals surface area contributed by atoms with Crippen LogP contribution in [0.1, 0.15) is 40.9 Å². The molecule has 1 aromatic heterocycles. The molecule has 0 N–H and O–H groups in total. The minimum atomic E-state index is -0.242. The van der Waals surface area contributed by atoms with Crippen LogP contribution in [0.15, 0.2) is 18.2 Å². The van der Waals surface area contributed by atoms with E-state index in [1.54, 1.807) is 6.92 Å². The zero-order valence-electron chi connectivity index (χ0n) is 10.8. The van der Waals surface area contributed by atoms with Gasteiger partial charge in [0.25, 0.3) is 0 Å². The average Bonchev–Trinajstić information content (AvgIpc) is 2.78. The van der Waals surface area contributed by atoms with Gasteiger partial charge in [0.2, 0.25) is 0 Å². The van der Waals surface area contributed by atoms with Crippen LogP contribution in [0.2, 0.25) is 0 Å². The summed E-state index contributed by atoms with van der Waals surface area (Å²) < 4.78 is 14.2. The van der Waals surface area contributed by atoms with Crippen LogP contribution in [0.4, 0.5) is 4.39 Å². The predicted octanol–water partition coefficient (Wildman–Crippen LogP) is 3.72. The van der Waals surface area contributed by atoms with Crippen LogP contribution >= 0.6 is 11.3 Å². The third-order valence-electron chi connectivity index (χ3n) is 3.69. The lowest BCUT2D eigenvalue weighted by molar-refractivity contribution is 0.102. The van der Waals surface area contributed by atoms with Crippen LogP contribution in [0.3, 0.4) is 0 Å². The van der Waals surface area contributed by atoms with Gasteiger partial charge in [-0.1, -0.05) is 6.07 Å². The summed E-state index contributed by atoms with van der Waals surface area (Å²) in [4.78, 5) is 12.7. The van der Waals surface area contributed by atoms with Crippen LogP contribution in [-0.4, -0.2) is 18.9 Å². The number of Topliss-reactive ketones (excluding diaryl/α,β-unsaturated/α-hetero) is 1. The molecule has 1 radical (unpaired) electrons. The van der Waals surface area contributed by atoms with Gasteiger partial charge in [-0.05, 0) is 48.8 Å². The van der Waals surface area contributed by atoms with Crippen molar-refractivity contribution in [3.05, 3.63) is 34.5 Å². The molecule has 19 heavy (non-hydrogen) atoms. The lowest BCUT2D eigenvalue weighted by atomic mass is 9.87. The second kappa shape index (κ2) is 5.02. The first-order valence-corrected chi connectivity index (χ1v) is 7.34. The fraction of sp³-hybridized carbons (Fsp3) is 0.400. The number of hydrogen-bond donors (Lipinski definition) is 0. The molecule has 2 nitrogen and oxygen atoms in total. The lowest BCUT2D eigenvalue weighted by Crippen LogP contribution is -2.21. The molecule has 1 fully saturated rings. The molecule has 0 aliphatic carbocycles. The van der Waals surface area contributed by atoms with Crippen molar-refractivity contribution in [1.82, 2.24) is 5.32 Å². The van der Waals surface area contributed by atoms with Crippen LogP contribution in [0, 0.1) is 5.82 Å². The van der Waals surface area contributed by atoms with Gasteiger partial charge in [0.15, 0.2) is 5.78 Å². The number of hydrogen-bond acceptors (Lipinski definition) is 2. The molecule has 1 saturated heterocycles. The molecule has 1 aliphatic rings. The summed E-state index contributed by atoms with van der Waals surface area (Å²) in [5.41, 5.74) is 1.13. The molecule has 2 heterocycles. The van der Waals surface area contributed by atoms with Gasteiger partial charge in [0.05, 0.1) is 4.88 Å². The first-order chi connectivity index (χ1) is 9.16. The molecule has 0 spiro atoms. The summed E-state index contributed by atoms with van der Waals surface area (Å²) >= 11 is 1.42. The van der Waals surface area contributed by atoms with Crippen molar-refractivity contribution in [1.29, 1.82) is 0 Å². The van der Waals surface area contributed by atoms with Crippen molar-refractivity contribution in [2.24, 2.45) is 0 Å². The number of fused-ring (bicyclic) bond motifs is 1. The van der Waals surface area contributed by atoms with Gasteiger partial charge in [-0.2, -0.15) is 0 Å². The Kier molecular flexibility index (Phi) is 3.37. The molecule has 4 heteroatoms. The molecule has 0 atom stereocenters. The van der Waals surface area contributed by atoms with E-state index in [-0.39, 0.29) is 11.6 Å². The highest BCUT2D eigenvalue weighted by atomic mass is 32.1. The van der Waals surface area contributed by atoms with Crippen molar-refractivity contribution in [3.8, 4) is 0 Å². The first-order valence-electron chi connectivity index (χ1n) is 6.53. The van der Waals surface area contributed by atoms with E-state index in [0.717, 1.165) is 46.5 Å². The van der Waals surface area contributed by atoms with Crippen LogP contribution < -0.4 is 5.32 Å². The number of halogens is 1. The Bertz CT molecular complexity index is 628. The van der Waals surface area contributed by atoms with Gasteiger partial charge < -0.3 is 0 Å². The van der Waals surface area contributed by atoms with Crippen molar-refractivity contribution < 1.29 is 9.18 Å². The lowest BCUT2D eigenvalue weighted by Gasteiger charge is -2.22. The molecular weight excluding hydrogens is 261 g/mol. The Hall–Kier alpha value is -1.26. The Morgan fingerprint density at radius 1 is 1.37 bits per heavy atom. The fourth-order valence-corrected chi connectivity index (χ4v) is 4.01. The predicted molar refractivity (Wildman–Crippen MR) is 75.6 cm³/mol. The maximum atomic E-state index is 13.3. The van der Waals surface area contributed by atoms with Gasteiger partial charge in [-0.3, -0.25) is 4.79 Å². The zero-order valence-corrected chi connectivity index (χ0v) is 11.6. The highest BCUT2D eigenvalue weighted by Crippen LogP contribution is 2.40. The molecular formula is C15H15FNOS. The second-order valence-corrected chi connectivity index (χ2v) is 6.04. The number of carbonyl (C=O) groups excluding carboxylic acids is 1. The Labute approximate surface area is 115 Å². The smallest absolute Gasteiger partial charge is 0.170 e. The molecule has 0 unspecified atom stereocenters. The molecule has 1 aromatic carbocycles. The standard InChI is InChI=1S/C15H15FNOS/c1-9(18)15-14(10-4-6-17-7-5-10)12-3-2-11(16)8-13(12)19-15/h2-3,8,10H,4-7H2,1H3. The van der Waals surface area contributed by atoms with E-state index in [9.17, 15) is 9.18 Å². The highest BCUT2D eigenvalue weighted by Gasteiger charge is 2.25. The van der Waals surface area contributed by atoms with Crippen molar-refractivity contribution >= 4 is 27.2 Å². The summed E-state index contributed by atoms with van der Waals surface area (Å²) in [6.45, 7) is 3.32. The number of thiophene rings is 1. The van der Waals surface area contributed by atoms with Crippen molar-refractivity contribution in [3.63, 3.8) is 0 Å². The Morgan fingerprint density at radius 3 is 2.79 bits per heavy atom. The average molecular weight is 276 g/mol. The largest absolute Gasteiger partial charge is 0.294 e. The normalized spacial score (nSPS) is 16.9. The third kappa shape index (κ3) is 2.30. The highest BCUT2D eigenvalue weighted by molar-refractivity contribution is 7.21. The van der Waals surface area contributed by atoms with Gasteiger partial charge >= 0.3 is 0 Å². The van der Waals surface area contributed by atoms with E-state index in [1.807, 2.05) is 6.07 Å². The van der Waals surface area contributed by atoms with Gasteiger partial charge in [0, 0.05) is 17.8 Å². The molecule has 0 amide bonds. The van der Waals surface area contributed by atoms with Crippen molar-refractivity contribution in [2.45, 2.75) is 25.7 Å². The first kappa shape index (κ1) is 12.8. The van der Waals surface area contributed by atoms with E-state index in [1.165, 1.54) is 23.5 Å². The van der Waals surface area contributed by atoms with E-state index in [2.05, 4.69) is 5.32 Å². The third-order valence-corrected chi connectivity index (χ3v) is 4.96. The maximum Gasteiger partial charge on any atom is 0.170 e. The summed E-state index contributed by atoms with van der Waals surface area (Å²) in [6.07, 6.45) is 1.98. The number of rotatable bonds is 2. The zero-order chi connectivity index (χ0) is 13.4. The molecule has 99 valence electrons. The van der Waals surface area contributed by atoms with Gasteiger partial charge in [-0.25, -0.2) is 9.71 Å². The quantitative estimate of drug-likeness (QED) is 0.769. The molecule has 1 aliphatic heterocycles. The maximum absolute atomic E-state index is 13.3. The fourth-order valence-electron chi connectivity index (χ4n) is 2.80. The molecule has 3 rings (SSSR count). The monoisotopic (exact) mass is 276 g/mol. The summed E-state index contributed by atoms with van der Waals surface area (Å²) in [6, 6.07) is 4.83. The second-order valence-electron chi connectivity index (χ2n) is 4.99. The molecule has 0 saturated carbocycles. The van der Waals surface area contributed by atoms with Gasteiger partial charge in [0.1, 0.15) is 5.82 Å². The molecule has 2 aromatic rings. The SMILES string of the molecule is CC(=O)c1sc2cc(F)ccc2c1C1CC[N]CC1. The van der Waals surface area contributed by atoms with Crippen LogP contribution in [-0.2, 0) is 0 Å². The molecule has 0 bridgehead atoms.